The van der Waals surface area contributed by atoms with Crippen molar-refractivity contribution in [1.29, 1.82) is 0 Å². The van der Waals surface area contributed by atoms with Crippen LogP contribution in [-0.4, -0.2) is 12.6 Å². The Hall–Kier alpha value is -0.0400. The summed E-state index contributed by atoms with van der Waals surface area (Å²) in [5.74, 6) is 0.951. The first-order valence-electron chi connectivity index (χ1n) is 8.58. The fourth-order valence-electron chi connectivity index (χ4n) is 3.21. The van der Waals surface area contributed by atoms with Crippen LogP contribution in [0.25, 0.3) is 0 Å². The van der Waals surface area contributed by atoms with Gasteiger partial charge in [-0.05, 0) is 38.6 Å². The molecule has 0 saturated heterocycles. The summed E-state index contributed by atoms with van der Waals surface area (Å²) in [6.45, 7) is 5.94. The number of rotatable bonds is 9. The molecule has 1 heteroatoms. The van der Waals surface area contributed by atoms with Gasteiger partial charge in [0.25, 0.3) is 0 Å². The number of hydrogen-bond donors (Lipinski definition) is 1. The van der Waals surface area contributed by atoms with Gasteiger partial charge in [-0.2, -0.15) is 0 Å². The molecule has 0 unspecified atom stereocenters. The summed E-state index contributed by atoms with van der Waals surface area (Å²) in [6.07, 6.45) is 17.3. The Kier molecular flexibility index (Phi) is 9.65. The van der Waals surface area contributed by atoms with E-state index in [1.165, 1.54) is 83.6 Å². The Morgan fingerprint density at radius 1 is 0.889 bits per heavy atom. The Balaban J connectivity index is 1.96. The van der Waals surface area contributed by atoms with E-state index in [-0.39, 0.29) is 0 Å². The van der Waals surface area contributed by atoms with Gasteiger partial charge in [0.15, 0.2) is 0 Å². The molecule has 0 aromatic heterocycles. The molecule has 108 valence electrons. The van der Waals surface area contributed by atoms with Gasteiger partial charge in [-0.25, -0.2) is 0 Å². The van der Waals surface area contributed by atoms with Crippen molar-refractivity contribution in [2.75, 3.05) is 6.54 Å². The molecule has 0 spiro atoms. The van der Waals surface area contributed by atoms with Gasteiger partial charge in [-0.15, -0.1) is 0 Å². The predicted octanol–water partition coefficient (Wildman–Crippen LogP) is 5.30. The first kappa shape index (κ1) is 16.0. The quantitative estimate of drug-likeness (QED) is 0.434. The molecule has 0 bridgehead atoms. The Labute approximate surface area is 115 Å². The minimum absolute atomic E-state index is 0.749. The second kappa shape index (κ2) is 10.8. The van der Waals surface area contributed by atoms with E-state index in [0.29, 0.717) is 0 Å². The number of nitrogens with one attached hydrogen (secondary N) is 1. The van der Waals surface area contributed by atoms with Crippen LogP contribution in [0, 0.1) is 5.92 Å². The summed E-state index contributed by atoms with van der Waals surface area (Å²) >= 11 is 0. The zero-order chi connectivity index (χ0) is 13.1. The molecule has 0 aromatic rings. The van der Waals surface area contributed by atoms with Gasteiger partial charge >= 0.3 is 0 Å². The minimum Gasteiger partial charge on any atom is -0.314 e. The molecule has 1 fully saturated rings. The maximum absolute atomic E-state index is 3.77. The van der Waals surface area contributed by atoms with Gasteiger partial charge in [0.1, 0.15) is 0 Å². The topological polar surface area (TPSA) is 12.0 Å². The summed E-state index contributed by atoms with van der Waals surface area (Å²) in [7, 11) is 0. The van der Waals surface area contributed by atoms with Crippen molar-refractivity contribution >= 4 is 0 Å². The van der Waals surface area contributed by atoms with Crippen molar-refractivity contribution in [3.8, 4) is 0 Å². The molecule has 0 aromatic carbocycles. The van der Waals surface area contributed by atoms with E-state index in [1.54, 1.807) is 0 Å². The summed E-state index contributed by atoms with van der Waals surface area (Å²) < 4.78 is 0. The third-order valence-electron chi connectivity index (χ3n) is 4.60. The molecule has 1 aliphatic rings. The van der Waals surface area contributed by atoms with E-state index >= 15 is 0 Å². The van der Waals surface area contributed by atoms with Gasteiger partial charge in [-0.1, -0.05) is 64.7 Å². The summed E-state index contributed by atoms with van der Waals surface area (Å²) in [6, 6.07) is 0.749. The van der Waals surface area contributed by atoms with E-state index in [2.05, 4.69) is 19.2 Å². The van der Waals surface area contributed by atoms with Crippen LogP contribution in [0.3, 0.4) is 0 Å². The monoisotopic (exact) mass is 253 g/mol. The fraction of sp³-hybridized carbons (Fsp3) is 1.00. The second-order valence-corrected chi connectivity index (χ2v) is 6.26. The zero-order valence-electron chi connectivity index (χ0n) is 12.8. The van der Waals surface area contributed by atoms with Crippen molar-refractivity contribution in [3.05, 3.63) is 0 Å². The van der Waals surface area contributed by atoms with Crippen LogP contribution in [0.15, 0.2) is 0 Å². The predicted molar refractivity (Wildman–Crippen MR) is 82.0 cm³/mol. The largest absolute Gasteiger partial charge is 0.314 e. The number of unbranched alkanes of at least 4 members (excludes halogenated alkanes) is 5. The molecule has 1 atom stereocenters. The smallest absolute Gasteiger partial charge is 0.00669 e. The molecule has 1 aliphatic carbocycles. The van der Waals surface area contributed by atoms with Gasteiger partial charge < -0.3 is 5.32 Å². The molecule has 1 saturated carbocycles. The Morgan fingerprint density at radius 2 is 1.50 bits per heavy atom. The first-order chi connectivity index (χ1) is 8.84. The highest BCUT2D eigenvalue weighted by atomic mass is 14.9. The van der Waals surface area contributed by atoms with Crippen LogP contribution >= 0.6 is 0 Å². The molecule has 18 heavy (non-hydrogen) atoms. The lowest BCUT2D eigenvalue weighted by atomic mass is 9.93. The summed E-state index contributed by atoms with van der Waals surface area (Å²) in [4.78, 5) is 0. The van der Waals surface area contributed by atoms with Crippen molar-refractivity contribution in [1.82, 2.24) is 5.32 Å². The SMILES string of the molecule is CCCCCCCCN[C@H](C)C1CCCCCC1. The average Bonchev–Trinajstić information content (AvgIpc) is 2.66. The van der Waals surface area contributed by atoms with Gasteiger partial charge in [0, 0.05) is 6.04 Å². The molecule has 0 radical (unpaired) electrons. The Bertz CT molecular complexity index is 170. The molecule has 1 rings (SSSR count). The molecular weight excluding hydrogens is 218 g/mol. The van der Waals surface area contributed by atoms with Gasteiger partial charge in [-0.3, -0.25) is 0 Å². The molecule has 0 heterocycles. The lowest BCUT2D eigenvalue weighted by Gasteiger charge is -2.23. The van der Waals surface area contributed by atoms with E-state index in [4.69, 9.17) is 0 Å². The summed E-state index contributed by atoms with van der Waals surface area (Å²) in [5, 5.41) is 3.77. The van der Waals surface area contributed by atoms with Gasteiger partial charge in [0.2, 0.25) is 0 Å². The molecule has 1 N–H and O–H groups in total. The normalized spacial score (nSPS) is 19.7. The molecule has 1 nitrogen and oxygen atoms in total. The van der Waals surface area contributed by atoms with Crippen LogP contribution < -0.4 is 5.32 Å². The van der Waals surface area contributed by atoms with Crippen LogP contribution in [0.4, 0.5) is 0 Å². The standard InChI is InChI=1S/C17H35N/c1-3-4-5-6-9-12-15-18-16(2)17-13-10-7-8-11-14-17/h16-18H,3-15H2,1-2H3/t16-/m1/s1. The van der Waals surface area contributed by atoms with E-state index in [9.17, 15) is 0 Å². The van der Waals surface area contributed by atoms with Crippen LogP contribution in [0.1, 0.15) is 90.9 Å². The van der Waals surface area contributed by atoms with Crippen molar-refractivity contribution in [3.63, 3.8) is 0 Å². The van der Waals surface area contributed by atoms with E-state index in [1.807, 2.05) is 0 Å². The molecular formula is C17H35N. The van der Waals surface area contributed by atoms with Crippen LogP contribution in [0.2, 0.25) is 0 Å². The van der Waals surface area contributed by atoms with Crippen LogP contribution in [0.5, 0.6) is 0 Å². The Morgan fingerprint density at radius 3 is 2.17 bits per heavy atom. The highest BCUT2D eigenvalue weighted by Gasteiger charge is 2.17. The number of hydrogen-bond acceptors (Lipinski definition) is 1. The van der Waals surface area contributed by atoms with Crippen molar-refractivity contribution in [2.24, 2.45) is 5.92 Å². The van der Waals surface area contributed by atoms with Crippen LogP contribution in [-0.2, 0) is 0 Å². The fourth-order valence-corrected chi connectivity index (χ4v) is 3.21. The lowest BCUT2D eigenvalue weighted by Crippen LogP contribution is -2.34. The molecule has 0 aliphatic heterocycles. The molecule has 0 amide bonds. The minimum atomic E-state index is 0.749. The maximum Gasteiger partial charge on any atom is 0.00669 e. The lowest BCUT2D eigenvalue weighted by molar-refractivity contribution is 0.335. The van der Waals surface area contributed by atoms with E-state index < -0.39 is 0 Å². The van der Waals surface area contributed by atoms with E-state index in [0.717, 1.165) is 12.0 Å². The highest BCUT2D eigenvalue weighted by Crippen LogP contribution is 2.25. The third kappa shape index (κ3) is 7.41. The highest BCUT2D eigenvalue weighted by molar-refractivity contribution is 4.74. The third-order valence-corrected chi connectivity index (χ3v) is 4.60. The summed E-state index contributed by atoms with van der Waals surface area (Å²) in [5.41, 5.74) is 0. The van der Waals surface area contributed by atoms with Crippen molar-refractivity contribution < 1.29 is 0 Å². The average molecular weight is 253 g/mol. The van der Waals surface area contributed by atoms with Gasteiger partial charge in [0.05, 0.1) is 0 Å². The second-order valence-electron chi connectivity index (χ2n) is 6.26. The van der Waals surface area contributed by atoms with Crippen molar-refractivity contribution in [2.45, 2.75) is 96.9 Å². The zero-order valence-corrected chi connectivity index (χ0v) is 12.8. The maximum atomic E-state index is 3.77. The first-order valence-corrected chi connectivity index (χ1v) is 8.58.